The second-order valence-electron chi connectivity index (χ2n) is 12.9. The maximum atomic E-state index is 2.49. The van der Waals surface area contributed by atoms with Gasteiger partial charge in [-0.3, -0.25) is 0 Å². The van der Waals surface area contributed by atoms with E-state index >= 15 is 0 Å². The van der Waals surface area contributed by atoms with Crippen molar-refractivity contribution >= 4 is 96.5 Å². The molecule has 0 radical (unpaired) electrons. The summed E-state index contributed by atoms with van der Waals surface area (Å²) in [4.78, 5) is 4.38. The van der Waals surface area contributed by atoms with Crippen LogP contribution >= 0.6 is 22.7 Å². The summed E-state index contributed by atoms with van der Waals surface area (Å²) in [7, 11) is 8.46. The molecule has 4 nitrogen and oxygen atoms in total. The maximum Gasteiger partial charge on any atom is 0.0728 e. The first kappa shape index (κ1) is 27.5. The van der Waals surface area contributed by atoms with E-state index in [4.69, 9.17) is 0 Å². The molecule has 5 aromatic carbocycles. The lowest BCUT2D eigenvalue weighted by Gasteiger charge is -2.14. The zero-order valence-electron chi connectivity index (χ0n) is 26.8. The van der Waals surface area contributed by atoms with Crippen molar-refractivity contribution in [3.63, 3.8) is 0 Å². The molecule has 4 heterocycles. The lowest BCUT2D eigenvalue weighted by Crippen LogP contribution is -2.08. The number of nitrogens with zero attached hydrogens (tertiary/aromatic N) is 4. The Labute approximate surface area is 275 Å². The van der Waals surface area contributed by atoms with E-state index in [2.05, 4.69) is 158 Å². The fourth-order valence-corrected chi connectivity index (χ4v) is 9.47. The Balaban J connectivity index is 1.40. The lowest BCUT2D eigenvalue weighted by molar-refractivity contribution is 1.13. The summed E-state index contributed by atoms with van der Waals surface area (Å²) in [5.74, 6) is 0. The normalized spacial score (nSPS) is 12.1. The number of anilines is 2. The zero-order chi connectivity index (χ0) is 31.4. The minimum atomic E-state index is 1.20. The van der Waals surface area contributed by atoms with Crippen molar-refractivity contribution in [1.29, 1.82) is 0 Å². The Bertz CT molecular complexity index is 2460. The number of rotatable bonds is 4. The molecule has 4 aromatic heterocycles. The van der Waals surface area contributed by atoms with Crippen LogP contribution < -0.4 is 9.80 Å². The van der Waals surface area contributed by atoms with Crippen LogP contribution in [0.2, 0.25) is 0 Å². The molecule has 0 bridgehead atoms. The summed E-state index contributed by atoms with van der Waals surface area (Å²) in [6, 6.07) is 36.6. The predicted octanol–water partition coefficient (Wildman–Crippen LogP) is 11.1. The average molecular weight is 635 g/mol. The number of benzene rings is 5. The molecular formula is C40H34N4S2. The van der Waals surface area contributed by atoms with Gasteiger partial charge in [0.25, 0.3) is 0 Å². The van der Waals surface area contributed by atoms with Gasteiger partial charge < -0.3 is 18.9 Å². The topological polar surface area (TPSA) is 16.3 Å². The van der Waals surface area contributed by atoms with Gasteiger partial charge in [0.15, 0.2) is 0 Å². The minimum Gasteiger partial charge on any atom is -0.378 e. The van der Waals surface area contributed by atoms with Crippen LogP contribution in [0.5, 0.6) is 0 Å². The van der Waals surface area contributed by atoms with E-state index in [9.17, 15) is 0 Å². The van der Waals surface area contributed by atoms with Gasteiger partial charge in [0, 0.05) is 81.9 Å². The van der Waals surface area contributed by atoms with Gasteiger partial charge in [-0.2, -0.15) is 0 Å². The second kappa shape index (κ2) is 9.86. The summed E-state index contributed by atoms with van der Waals surface area (Å²) < 4.78 is 10.3. The summed E-state index contributed by atoms with van der Waals surface area (Å²) in [6.07, 6.45) is 0. The van der Waals surface area contributed by atoms with Crippen LogP contribution in [0.1, 0.15) is 11.1 Å². The molecule has 0 fully saturated rings. The standard InChI is InChI=1S/C40H34N4S2/c1-23-7-11-25(12-8-23)43-33-19-27(41(3)4)15-17-29(33)39-37(43)31-21-36-32(22-35(31)45-39)38-40(46-36)30-18-16-28(42(5)6)20-34(30)44(38)26-13-9-24(2)10-14-26/h7-22H,1-6H3. The molecule has 0 saturated carbocycles. The Morgan fingerprint density at radius 2 is 0.848 bits per heavy atom. The smallest absolute Gasteiger partial charge is 0.0728 e. The van der Waals surface area contributed by atoms with Crippen molar-refractivity contribution in [3.05, 3.63) is 108 Å². The number of fused-ring (bicyclic) bond motifs is 10. The minimum absolute atomic E-state index is 1.20. The highest BCUT2D eigenvalue weighted by Crippen LogP contribution is 2.49. The number of aromatic nitrogens is 2. The van der Waals surface area contributed by atoms with Crippen LogP contribution in [0.25, 0.3) is 73.8 Å². The summed E-state index contributed by atoms with van der Waals surface area (Å²) in [6.45, 7) is 4.31. The lowest BCUT2D eigenvalue weighted by atomic mass is 10.1. The monoisotopic (exact) mass is 634 g/mol. The van der Waals surface area contributed by atoms with Crippen molar-refractivity contribution in [3.8, 4) is 11.4 Å². The van der Waals surface area contributed by atoms with Crippen molar-refractivity contribution in [2.75, 3.05) is 38.0 Å². The molecule has 9 rings (SSSR count). The van der Waals surface area contributed by atoms with Crippen molar-refractivity contribution < 1.29 is 0 Å². The van der Waals surface area contributed by atoms with Crippen LogP contribution in [0.4, 0.5) is 11.4 Å². The highest BCUT2D eigenvalue weighted by Gasteiger charge is 2.23. The van der Waals surface area contributed by atoms with E-state index in [0.29, 0.717) is 0 Å². The van der Waals surface area contributed by atoms with E-state index in [1.807, 2.05) is 22.7 Å². The third-order valence-corrected chi connectivity index (χ3v) is 11.8. The van der Waals surface area contributed by atoms with Crippen molar-refractivity contribution in [1.82, 2.24) is 9.13 Å². The molecule has 0 aliphatic rings. The van der Waals surface area contributed by atoms with Crippen LogP contribution in [0.3, 0.4) is 0 Å². The molecule has 0 spiro atoms. The van der Waals surface area contributed by atoms with E-state index < -0.39 is 0 Å². The molecular weight excluding hydrogens is 601 g/mol. The molecule has 0 amide bonds. The first-order valence-electron chi connectivity index (χ1n) is 15.7. The van der Waals surface area contributed by atoms with E-state index in [0.717, 1.165) is 0 Å². The number of thiophene rings is 2. The molecule has 46 heavy (non-hydrogen) atoms. The molecule has 0 aliphatic heterocycles. The van der Waals surface area contributed by atoms with Gasteiger partial charge in [-0.15, -0.1) is 22.7 Å². The quantitative estimate of drug-likeness (QED) is 0.192. The predicted molar refractivity (Wildman–Crippen MR) is 204 cm³/mol. The van der Waals surface area contributed by atoms with Gasteiger partial charge in [0.1, 0.15) is 0 Å². The Hall–Kier alpha value is -4.78. The first-order chi connectivity index (χ1) is 22.3. The molecule has 0 aliphatic carbocycles. The maximum absolute atomic E-state index is 2.49. The van der Waals surface area contributed by atoms with E-state index in [-0.39, 0.29) is 0 Å². The average Bonchev–Trinajstić information content (AvgIpc) is 3.77. The highest BCUT2D eigenvalue weighted by atomic mass is 32.1. The molecule has 0 N–H and O–H groups in total. The Morgan fingerprint density at radius 1 is 0.457 bits per heavy atom. The second-order valence-corrected chi connectivity index (χ2v) is 15.0. The Morgan fingerprint density at radius 3 is 1.22 bits per heavy atom. The fourth-order valence-electron chi connectivity index (χ4n) is 6.98. The summed E-state index contributed by atoms with van der Waals surface area (Å²) >= 11 is 3.84. The van der Waals surface area contributed by atoms with Crippen LogP contribution in [0.15, 0.2) is 97.1 Å². The molecule has 226 valence electrons. The first-order valence-corrected chi connectivity index (χ1v) is 17.3. The van der Waals surface area contributed by atoms with Gasteiger partial charge in [-0.1, -0.05) is 35.4 Å². The number of aryl methyl sites for hydroxylation is 2. The number of hydrogen-bond donors (Lipinski definition) is 0. The van der Waals surface area contributed by atoms with E-state index in [1.165, 1.54) is 96.3 Å². The zero-order valence-corrected chi connectivity index (χ0v) is 28.5. The molecule has 9 aromatic rings. The molecule has 6 heteroatoms. The van der Waals surface area contributed by atoms with Crippen LogP contribution in [-0.4, -0.2) is 37.3 Å². The van der Waals surface area contributed by atoms with Gasteiger partial charge in [-0.25, -0.2) is 0 Å². The molecule has 0 unspecified atom stereocenters. The largest absolute Gasteiger partial charge is 0.378 e. The van der Waals surface area contributed by atoms with Crippen LogP contribution in [0, 0.1) is 13.8 Å². The van der Waals surface area contributed by atoms with Crippen molar-refractivity contribution in [2.45, 2.75) is 13.8 Å². The van der Waals surface area contributed by atoms with Crippen LogP contribution in [-0.2, 0) is 0 Å². The third-order valence-electron chi connectivity index (χ3n) is 9.44. The van der Waals surface area contributed by atoms with Gasteiger partial charge >= 0.3 is 0 Å². The molecule has 0 atom stereocenters. The fraction of sp³-hybridized carbons (Fsp3) is 0.150. The van der Waals surface area contributed by atoms with E-state index in [1.54, 1.807) is 0 Å². The van der Waals surface area contributed by atoms with Gasteiger partial charge in [0.05, 0.1) is 31.5 Å². The van der Waals surface area contributed by atoms with Gasteiger partial charge in [0.2, 0.25) is 0 Å². The third kappa shape index (κ3) is 3.90. The molecule has 0 saturated heterocycles. The van der Waals surface area contributed by atoms with Crippen molar-refractivity contribution in [2.24, 2.45) is 0 Å². The summed E-state index contributed by atoms with van der Waals surface area (Å²) in [5, 5.41) is 5.25. The van der Waals surface area contributed by atoms with Gasteiger partial charge in [-0.05, 0) is 86.6 Å². The highest BCUT2D eigenvalue weighted by molar-refractivity contribution is 7.28. The summed E-state index contributed by atoms with van der Waals surface area (Å²) in [5.41, 5.74) is 12.5. The number of hydrogen-bond acceptors (Lipinski definition) is 4. The Kier molecular flexibility index (Phi) is 5.90. The SMILES string of the molecule is Cc1ccc(-n2c3cc(N(C)C)ccc3c3sc4cc5c(cc4c32)sc2c3ccc(N(C)C)cc3n(-c3ccc(C)cc3)c52)cc1.